The molecule has 0 unspecified atom stereocenters. The third-order valence-electron chi connectivity index (χ3n) is 2.62. The van der Waals surface area contributed by atoms with E-state index in [2.05, 4.69) is 10.3 Å². The van der Waals surface area contributed by atoms with Gasteiger partial charge in [-0.25, -0.2) is 9.78 Å². The zero-order valence-electron chi connectivity index (χ0n) is 11.0. The van der Waals surface area contributed by atoms with Gasteiger partial charge in [0.25, 0.3) is 0 Å². The number of aryl methyl sites for hydroxylation is 1. The van der Waals surface area contributed by atoms with Gasteiger partial charge in [-0.1, -0.05) is 23.5 Å². The molecule has 0 atom stereocenters. The molecule has 5 nitrogen and oxygen atoms in total. The molecule has 0 spiro atoms. The van der Waals surface area contributed by atoms with Crippen molar-refractivity contribution >= 4 is 33.8 Å². The summed E-state index contributed by atoms with van der Waals surface area (Å²) in [5, 5.41) is 12.8. The summed E-state index contributed by atoms with van der Waals surface area (Å²) in [5.41, 5.74) is 2.45. The lowest BCUT2D eigenvalue weighted by molar-refractivity contribution is 0.0701. The molecule has 2 rings (SSSR count). The lowest BCUT2D eigenvalue weighted by atomic mass is 10.2. The largest absolute Gasteiger partial charge is 0.477 e. The van der Waals surface area contributed by atoms with E-state index in [9.17, 15) is 4.79 Å². The summed E-state index contributed by atoms with van der Waals surface area (Å²) in [5.74, 6) is -0.941. The van der Waals surface area contributed by atoms with Gasteiger partial charge in [0.15, 0.2) is 5.13 Å². The molecule has 0 aliphatic heterocycles. The minimum Gasteiger partial charge on any atom is -0.477 e. The van der Waals surface area contributed by atoms with Crippen molar-refractivity contribution in [2.75, 3.05) is 24.3 Å². The van der Waals surface area contributed by atoms with Gasteiger partial charge in [-0.15, -0.1) is 0 Å². The van der Waals surface area contributed by atoms with E-state index in [4.69, 9.17) is 5.11 Å². The maximum absolute atomic E-state index is 11.0. The van der Waals surface area contributed by atoms with E-state index in [1.54, 1.807) is 6.92 Å². The molecular weight excluding hydrogens is 262 g/mol. The molecule has 6 heteroatoms. The Morgan fingerprint density at radius 1 is 1.37 bits per heavy atom. The zero-order chi connectivity index (χ0) is 14.0. The van der Waals surface area contributed by atoms with Gasteiger partial charge in [-0.2, -0.15) is 0 Å². The lowest BCUT2D eigenvalue weighted by Crippen LogP contribution is -2.10. The van der Waals surface area contributed by atoms with E-state index in [-0.39, 0.29) is 4.88 Å². The molecule has 1 heterocycles. The summed E-state index contributed by atoms with van der Waals surface area (Å²) in [6.07, 6.45) is 0. The van der Waals surface area contributed by atoms with E-state index in [0.29, 0.717) is 10.8 Å². The van der Waals surface area contributed by atoms with Gasteiger partial charge in [0.05, 0.1) is 17.1 Å². The molecule has 0 saturated heterocycles. The Labute approximate surface area is 115 Å². The molecule has 1 aromatic carbocycles. The Kier molecular flexibility index (Phi) is 3.71. The number of rotatable bonds is 4. The average molecular weight is 277 g/mol. The first-order valence-corrected chi connectivity index (χ1v) is 6.55. The number of aromatic carboxylic acids is 1. The van der Waals surface area contributed by atoms with Crippen LogP contribution in [0.15, 0.2) is 24.3 Å². The van der Waals surface area contributed by atoms with Crippen molar-refractivity contribution < 1.29 is 9.90 Å². The van der Waals surface area contributed by atoms with Crippen LogP contribution in [-0.4, -0.2) is 30.2 Å². The minimum atomic E-state index is -0.941. The van der Waals surface area contributed by atoms with Crippen molar-refractivity contribution in [3.05, 3.63) is 34.8 Å². The van der Waals surface area contributed by atoms with Crippen molar-refractivity contribution in [2.24, 2.45) is 0 Å². The van der Waals surface area contributed by atoms with Gasteiger partial charge >= 0.3 is 5.97 Å². The maximum atomic E-state index is 11.0. The van der Waals surface area contributed by atoms with E-state index in [1.165, 1.54) is 0 Å². The van der Waals surface area contributed by atoms with E-state index < -0.39 is 5.97 Å². The second-order valence-corrected chi connectivity index (χ2v) is 5.27. The molecule has 1 aromatic heterocycles. The molecule has 0 aliphatic carbocycles. The molecule has 2 aromatic rings. The van der Waals surface area contributed by atoms with E-state index in [0.717, 1.165) is 22.7 Å². The van der Waals surface area contributed by atoms with Crippen LogP contribution < -0.4 is 10.2 Å². The fourth-order valence-corrected chi connectivity index (χ4v) is 2.55. The van der Waals surface area contributed by atoms with Crippen LogP contribution in [0.4, 0.5) is 16.5 Å². The molecular formula is C13H15N3O2S. The van der Waals surface area contributed by atoms with Crippen LogP contribution in [0.25, 0.3) is 0 Å². The first-order valence-electron chi connectivity index (χ1n) is 5.73. The van der Waals surface area contributed by atoms with Crippen LogP contribution >= 0.6 is 11.3 Å². The number of benzene rings is 1. The number of thiazole rings is 1. The topological polar surface area (TPSA) is 65.5 Å². The number of carboxylic acid groups (broad SMARTS) is 1. The second-order valence-electron chi connectivity index (χ2n) is 4.28. The van der Waals surface area contributed by atoms with Gasteiger partial charge in [0.1, 0.15) is 4.88 Å². The van der Waals surface area contributed by atoms with Crippen LogP contribution in [0, 0.1) is 6.92 Å². The molecule has 0 aliphatic rings. The quantitative estimate of drug-likeness (QED) is 0.899. The SMILES string of the molecule is Cc1nc(Nc2ccccc2N(C)C)sc1C(=O)O. The van der Waals surface area contributed by atoms with Gasteiger partial charge in [-0.05, 0) is 19.1 Å². The Bertz CT molecular complexity index is 608. The van der Waals surface area contributed by atoms with Gasteiger partial charge in [0.2, 0.25) is 0 Å². The van der Waals surface area contributed by atoms with Crippen molar-refractivity contribution in [1.82, 2.24) is 4.98 Å². The van der Waals surface area contributed by atoms with Crippen molar-refractivity contribution in [2.45, 2.75) is 6.92 Å². The van der Waals surface area contributed by atoms with E-state index >= 15 is 0 Å². The van der Waals surface area contributed by atoms with Crippen molar-refractivity contribution in [3.8, 4) is 0 Å². The number of nitrogens with one attached hydrogen (secondary N) is 1. The number of para-hydroxylation sites is 2. The number of anilines is 3. The number of aromatic nitrogens is 1. The van der Waals surface area contributed by atoms with Crippen LogP contribution in [0.5, 0.6) is 0 Å². The highest BCUT2D eigenvalue weighted by Crippen LogP contribution is 2.30. The summed E-state index contributed by atoms with van der Waals surface area (Å²) in [6, 6.07) is 7.80. The Balaban J connectivity index is 2.31. The number of nitrogens with zero attached hydrogens (tertiary/aromatic N) is 2. The molecule has 100 valence electrons. The predicted octanol–water partition coefficient (Wildman–Crippen LogP) is 2.96. The highest BCUT2D eigenvalue weighted by Gasteiger charge is 2.14. The van der Waals surface area contributed by atoms with Crippen LogP contribution in [0.2, 0.25) is 0 Å². The molecule has 2 N–H and O–H groups in total. The second kappa shape index (κ2) is 5.27. The molecule has 0 amide bonds. The number of carboxylic acids is 1. The third kappa shape index (κ3) is 2.85. The number of carbonyl (C=O) groups is 1. The first kappa shape index (κ1) is 13.4. The third-order valence-corrected chi connectivity index (χ3v) is 3.68. The van der Waals surface area contributed by atoms with Crippen molar-refractivity contribution in [1.29, 1.82) is 0 Å². The lowest BCUT2D eigenvalue weighted by Gasteiger charge is -2.17. The molecule has 0 saturated carbocycles. The zero-order valence-corrected chi connectivity index (χ0v) is 11.8. The predicted molar refractivity (Wildman–Crippen MR) is 77.9 cm³/mol. The highest BCUT2D eigenvalue weighted by atomic mass is 32.1. The Morgan fingerprint density at radius 3 is 2.63 bits per heavy atom. The summed E-state index contributed by atoms with van der Waals surface area (Å²) in [7, 11) is 3.91. The average Bonchev–Trinajstić information content (AvgIpc) is 2.71. The summed E-state index contributed by atoms with van der Waals surface area (Å²) in [6.45, 7) is 1.70. The minimum absolute atomic E-state index is 0.268. The first-order chi connectivity index (χ1) is 8.99. The summed E-state index contributed by atoms with van der Waals surface area (Å²) < 4.78 is 0. The van der Waals surface area contributed by atoms with Crippen molar-refractivity contribution in [3.63, 3.8) is 0 Å². The van der Waals surface area contributed by atoms with Gasteiger partial charge in [-0.3, -0.25) is 0 Å². The Hall–Kier alpha value is -2.08. The normalized spacial score (nSPS) is 10.3. The number of hydrogen-bond donors (Lipinski definition) is 2. The van der Waals surface area contributed by atoms with Crippen LogP contribution in [-0.2, 0) is 0 Å². The standard InChI is InChI=1S/C13H15N3O2S/c1-8-11(12(17)18)19-13(14-8)15-9-6-4-5-7-10(9)16(2)3/h4-7H,1-3H3,(H,14,15)(H,17,18). The number of hydrogen-bond acceptors (Lipinski definition) is 5. The molecule has 0 fully saturated rings. The summed E-state index contributed by atoms with van der Waals surface area (Å²) >= 11 is 1.14. The maximum Gasteiger partial charge on any atom is 0.347 e. The summed E-state index contributed by atoms with van der Waals surface area (Å²) in [4.78, 5) is 17.5. The monoisotopic (exact) mass is 277 g/mol. The fraction of sp³-hybridized carbons (Fsp3) is 0.231. The smallest absolute Gasteiger partial charge is 0.347 e. The van der Waals surface area contributed by atoms with Gasteiger partial charge < -0.3 is 15.3 Å². The van der Waals surface area contributed by atoms with Crippen LogP contribution in [0.3, 0.4) is 0 Å². The van der Waals surface area contributed by atoms with Gasteiger partial charge in [0, 0.05) is 14.1 Å². The molecule has 0 bridgehead atoms. The Morgan fingerprint density at radius 2 is 2.05 bits per heavy atom. The fourth-order valence-electron chi connectivity index (χ4n) is 1.73. The molecule has 0 radical (unpaired) electrons. The van der Waals surface area contributed by atoms with E-state index in [1.807, 2.05) is 43.3 Å². The highest BCUT2D eigenvalue weighted by molar-refractivity contribution is 7.17. The molecule has 19 heavy (non-hydrogen) atoms. The van der Waals surface area contributed by atoms with Crippen LogP contribution in [0.1, 0.15) is 15.4 Å².